The van der Waals surface area contributed by atoms with Crippen molar-refractivity contribution >= 4 is 21.8 Å². The molecular weight excluding hydrogens is 410 g/mol. The molecule has 1 aromatic rings. The molecule has 168 valence electrons. The number of nitrogens with zero attached hydrogens (tertiary/aromatic N) is 4. The molecule has 0 radical (unpaired) electrons. The van der Waals surface area contributed by atoms with E-state index >= 15 is 0 Å². The summed E-state index contributed by atoms with van der Waals surface area (Å²) in [4.78, 5) is 28.0. The Morgan fingerprint density at radius 1 is 1.43 bits per heavy atom. The van der Waals surface area contributed by atoms with Gasteiger partial charge in [0, 0.05) is 26.2 Å². The fourth-order valence-corrected chi connectivity index (χ4v) is 5.05. The molecule has 0 unspecified atom stereocenters. The Morgan fingerprint density at radius 3 is 2.77 bits per heavy atom. The molecule has 2 fully saturated rings. The van der Waals surface area contributed by atoms with E-state index in [1.54, 1.807) is 4.90 Å². The van der Waals surface area contributed by atoms with Crippen molar-refractivity contribution in [2.75, 3.05) is 39.0 Å². The standard InChI is InChI=1S/C19H31N5O5S/c1-5-8-24-15(10-14(3)21-24)11-22(6-2)17(25)16-12-23(30(4,27)28)13-19(16)18(26)20-7-9-29-19/h10,16H,5-9,11-13H2,1-4H3,(H,20,26)/t16-,19-/m1/s1. The fraction of sp³-hybridized carbons (Fsp3) is 0.737. The predicted octanol–water partition coefficient (Wildman–Crippen LogP) is -0.273. The summed E-state index contributed by atoms with van der Waals surface area (Å²) in [7, 11) is -3.58. The predicted molar refractivity (Wildman–Crippen MR) is 110 cm³/mol. The number of carbonyl (C=O) groups excluding carboxylic acids is 2. The average Bonchev–Trinajstić information content (AvgIpc) is 3.23. The number of nitrogens with one attached hydrogen (secondary N) is 1. The fourth-order valence-electron chi connectivity index (χ4n) is 4.20. The second-order valence-corrected chi connectivity index (χ2v) is 9.94. The van der Waals surface area contributed by atoms with E-state index in [0.29, 0.717) is 19.6 Å². The van der Waals surface area contributed by atoms with Crippen LogP contribution in [-0.4, -0.2) is 83.9 Å². The highest BCUT2D eigenvalue weighted by Crippen LogP contribution is 2.36. The Hall–Kier alpha value is -1.98. The molecule has 3 rings (SSSR count). The maximum Gasteiger partial charge on any atom is 0.254 e. The number of hydrogen-bond acceptors (Lipinski definition) is 6. The normalized spacial score (nSPS) is 24.9. The summed E-state index contributed by atoms with van der Waals surface area (Å²) in [6.07, 6.45) is 2.00. The molecule has 2 atom stereocenters. The molecule has 2 aliphatic heterocycles. The molecule has 1 N–H and O–H groups in total. The molecule has 0 saturated carbocycles. The summed E-state index contributed by atoms with van der Waals surface area (Å²) >= 11 is 0. The van der Waals surface area contributed by atoms with E-state index in [1.165, 1.54) is 4.31 Å². The zero-order valence-electron chi connectivity index (χ0n) is 18.0. The van der Waals surface area contributed by atoms with E-state index in [1.807, 2.05) is 24.6 Å². The van der Waals surface area contributed by atoms with E-state index in [0.717, 1.165) is 30.6 Å². The highest BCUT2D eigenvalue weighted by molar-refractivity contribution is 7.88. The summed E-state index contributed by atoms with van der Waals surface area (Å²) in [5, 5.41) is 7.22. The van der Waals surface area contributed by atoms with Crippen LogP contribution in [0.5, 0.6) is 0 Å². The Labute approximate surface area is 177 Å². The first-order valence-electron chi connectivity index (χ1n) is 10.3. The first-order valence-corrected chi connectivity index (χ1v) is 12.2. The van der Waals surface area contributed by atoms with Crippen LogP contribution in [0.4, 0.5) is 0 Å². The van der Waals surface area contributed by atoms with Crippen LogP contribution in [0.15, 0.2) is 6.07 Å². The summed E-state index contributed by atoms with van der Waals surface area (Å²) in [5.41, 5.74) is 0.286. The third-order valence-corrected chi connectivity index (χ3v) is 6.94. The maximum atomic E-state index is 13.6. The van der Waals surface area contributed by atoms with Gasteiger partial charge in [-0.3, -0.25) is 14.3 Å². The number of ether oxygens (including phenoxy) is 1. The average molecular weight is 442 g/mol. The first-order chi connectivity index (χ1) is 14.1. The monoisotopic (exact) mass is 441 g/mol. The van der Waals surface area contributed by atoms with Crippen molar-refractivity contribution in [2.45, 2.75) is 45.9 Å². The van der Waals surface area contributed by atoms with Gasteiger partial charge in [0.05, 0.1) is 43.3 Å². The number of aryl methyl sites for hydroxylation is 2. The summed E-state index contributed by atoms with van der Waals surface area (Å²) in [6, 6.07) is 1.95. The molecule has 11 heteroatoms. The number of hydrogen-bond donors (Lipinski definition) is 1. The van der Waals surface area contributed by atoms with Crippen molar-refractivity contribution in [3.63, 3.8) is 0 Å². The van der Waals surface area contributed by atoms with Crippen LogP contribution >= 0.6 is 0 Å². The lowest BCUT2D eigenvalue weighted by molar-refractivity contribution is -0.166. The number of rotatable bonds is 7. The van der Waals surface area contributed by atoms with Gasteiger partial charge in [-0.15, -0.1) is 0 Å². The van der Waals surface area contributed by atoms with E-state index in [2.05, 4.69) is 17.3 Å². The zero-order valence-corrected chi connectivity index (χ0v) is 18.9. The smallest absolute Gasteiger partial charge is 0.254 e. The number of amides is 2. The highest BCUT2D eigenvalue weighted by Gasteiger charge is 2.59. The van der Waals surface area contributed by atoms with Gasteiger partial charge in [-0.05, 0) is 26.3 Å². The highest BCUT2D eigenvalue weighted by atomic mass is 32.2. The van der Waals surface area contributed by atoms with Gasteiger partial charge in [-0.25, -0.2) is 8.42 Å². The van der Waals surface area contributed by atoms with Crippen molar-refractivity contribution in [3.8, 4) is 0 Å². The van der Waals surface area contributed by atoms with Gasteiger partial charge in [0.1, 0.15) is 0 Å². The Morgan fingerprint density at radius 2 is 2.17 bits per heavy atom. The molecule has 2 amide bonds. The minimum Gasteiger partial charge on any atom is -0.361 e. The zero-order chi connectivity index (χ0) is 22.1. The topological polar surface area (TPSA) is 114 Å². The van der Waals surface area contributed by atoms with Crippen LogP contribution < -0.4 is 5.32 Å². The van der Waals surface area contributed by atoms with E-state index < -0.39 is 27.4 Å². The lowest BCUT2D eigenvalue weighted by atomic mass is 9.87. The summed E-state index contributed by atoms with van der Waals surface area (Å²) in [6.45, 7) is 7.68. The molecule has 2 saturated heterocycles. The number of carbonyl (C=O) groups is 2. The van der Waals surface area contributed by atoms with Crippen molar-refractivity contribution in [1.82, 2.24) is 24.3 Å². The Bertz CT molecular complexity index is 914. The Balaban J connectivity index is 1.90. The minimum absolute atomic E-state index is 0.0746. The van der Waals surface area contributed by atoms with Gasteiger partial charge in [0.2, 0.25) is 15.9 Å². The van der Waals surface area contributed by atoms with Gasteiger partial charge in [-0.2, -0.15) is 9.40 Å². The largest absolute Gasteiger partial charge is 0.361 e. The van der Waals surface area contributed by atoms with E-state index in [-0.39, 0.29) is 25.6 Å². The van der Waals surface area contributed by atoms with Gasteiger partial charge < -0.3 is 15.0 Å². The van der Waals surface area contributed by atoms with Crippen LogP contribution in [0.2, 0.25) is 0 Å². The van der Waals surface area contributed by atoms with Crippen molar-refractivity contribution < 1.29 is 22.7 Å². The molecule has 3 heterocycles. The molecule has 0 bridgehead atoms. The molecule has 1 aromatic heterocycles. The number of aromatic nitrogens is 2. The van der Waals surface area contributed by atoms with Crippen LogP contribution in [-0.2, 0) is 37.4 Å². The van der Waals surface area contributed by atoms with Gasteiger partial charge >= 0.3 is 0 Å². The maximum absolute atomic E-state index is 13.6. The number of morpholine rings is 1. The third kappa shape index (κ3) is 4.23. The quantitative estimate of drug-likeness (QED) is 0.623. The SMILES string of the molecule is CCCn1nc(C)cc1CN(CC)C(=O)[C@H]1CN(S(C)(=O)=O)C[C@@]12OCCNC2=O. The van der Waals surface area contributed by atoms with Crippen LogP contribution in [0.3, 0.4) is 0 Å². The molecule has 2 aliphatic rings. The number of sulfonamides is 1. The summed E-state index contributed by atoms with van der Waals surface area (Å²) in [5.74, 6) is -1.63. The second-order valence-electron chi connectivity index (χ2n) is 7.95. The Kier molecular flexibility index (Phi) is 6.54. The molecule has 0 aromatic carbocycles. The van der Waals surface area contributed by atoms with Gasteiger partial charge in [-0.1, -0.05) is 6.92 Å². The van der Waals surface area contributed by atoms with Gasteiger partial charge in [0.25, 0.3) is 5.91 Å². The molecule has 10 nitrogen and oxygen atoms in total. The van der Waals surface area contributed by atoms with Crippen LogP contribution in [0.1, 0.15) is 31.7 Å². The molecule has 0 aliphatic carbocycles. The van der Waals surface area contributed by atoms with Gasteiger partial charge in [0.15, 0.2) is 5.60 Å². The third-order valence-electron chi connectivity index (χ3n) is 5.73. The van der Waals surface area contributed by atoms with Crippen molar-refractivity contribution in [3.05, 3.63) is 17.5 Å². The lowest BCUT2D eigenvalue weighted by Crippen LogP contribution is -2.62. The van der Waals surface area contributed by atoms with E-state index in [4.69, 9.17) is 4.74 Å². The second kappa shape index (κ2) is 8.64. The van der Waals surface area contributed by atoms with Crippen LogP contribution in [0, 0.1) is 12.8 Å². The molecular formula is C19H31N5O5S. The summed E-state index contributed by atoms with van der Waals surface area (Å²) < 4.78 is 33.3. The van der Waals surface area contributed by atoms with Crippen molar-refractivity contribution in [2.24, 2.45) is 5.92 Å². The van der Waals surface area contributed by atoms with E-state index in [9.17, 15) is 18.0 Å². The van der Waals surface area contributed by atoms with Crippen molar-refractivity contribution in [1.29, 1.82) is 0 Å². The van der Waals surface area contributed by atoms with Crippen LogP contribution in [0.25, 0.3) is 0 Å². The molecule has 30 heavy (non-hydrogen) atoms. The lowest BCUT2D eigenvalue weighted by Gasteiger charge is -2.37. The first kappa shape index (κ1) is 22.7. The molecule has 1 spiro atoms. The minimum atomic E-state index is -3.58.